The number of fused-ring (bicyclic) bond motifs is 2. The number of benzene rings is 1. The van der Waals surface area contributed by atoms with E-state index in [0.717, 1.165) is 33.5 Å². The molecule has 1 aromatic carbocycles. The summed E-state index contributed by atoms with van der Waals surface area (Å²) < 4.78 is 7.57. The third-order valence-electron chi connectivity index (χ3n) is 4.86. The number of aromatic hydroxyl groups is 1. The zero-order chi connectivity index (χ0) is 15.6. The maximum absolute atomic E-state index is 12.9. The highest BCUT2D eigenvalue weighted by Gasteiger charge is 2.21. The second kappa shape index (κ2) is 4.13. The minimum Gasteiger partial charge on any atom is -0.507 e. The first-order valence-corrected chi connectivity index (χ1v) is 7.01. The van der Waals surface area contributed by atoms with E-state index in [2.05, 4.69) is 0 Å². The Balaban J connectivity index is 2.75. The molecule has 2 heterocycles. The summed E-state index contributed by atoms with van der Waals surface area (Å²) in [6, 6.07) is 0. The van der Waals surface area contributed by atoms with Crippen molar-refractivity contribution >= 4 is 16.7 Å². The van der Waals surface area contributed by atoms with Gasteiger partial charge in [0.2, 0.25) is 5.71 Å². The summed E-state index contributed by atoms with van der Waals surface area (Å²) in [5, 5.41) is 10.7. The number of phenolic OH excluding ortho intramolecular Hbond substituents is 1. The molecule has 0 unspecified atom stereocenters. The summed E-state index contributed by atoms with van der Waals surface area (Å²) in [5.41, 5.74) is 6.25. The Bertz CT molecular complexity index is 974. The van der Waals surface area contributed by atoms with Crippen molar-refractivity contribution in [3.63, 3.8) is 0 Å². The van der Waals surface area contributed by atoms with Crippen LogP contribution in [0.2, 0.25) is 0 Å². The molecule has 0 bridgehead atoms. The van der Waals surface area contributed by atoms with E-state index < -0.39 is 0 Å². The van der Waals surface area contributed by atoms with Gasteiger partial charge in [-0.2, -0.15) is 0 Å². The van der Waals surface area contributed by atoms with Gasteiger partial charge in [0.25, 0.3) is 5.56 Å². The van der Waals surface area contributed by atoms with Gasteiger partial charge < -0.3 is 9.52 Å². The summed E-state index contributed by atoms with van der Waals surface area (Å²) in [6.45, 7) is 11.5. The zero-order valence-electron chi connectivity index (χ0n) is 13.2. The second-order valence-electron chi connectivity index (χ2n) is 5.81. The van der Waals surface area contributed by atoms with Gasteiger partial charge in [-0.15, -0.1) is 0 Å². The van der Waals surface area contributed by atoms with E-state index in [0.29, 0.717) is 11.3 Å². The van der Waals surface area contributed by atoms with Crippen molar-refractivity contribution in [3.05, 3.63) is 43.9 Å². The number of rotatable bonds is 0. The van der Waals surface area contributed by atoms with Crippen LogP contribution in [0, 0.1) is 41.5 Å². The number of phenols is 1. The predicted molar refractivity (Wildman–Crippen MR) is 83.5 cm³/mol. The van der Waals surface area contributed by atoms with Crippen molar-refractivity contribution < 1.29 is 9.52 Å². The lowest BCUT2D eigenvalue weighted by atomic mass is 10.00. The molecule has 0 spiro atoms. The Hall–Kier alpha value is -2.23. The second-order valence-corrected chi connectivity index (χ2v) is 5.81. The standard InChI is InChI=1S/C17H19NO3/c1-7-9(3)14(19)13-15(10(7)4)21-17-11(5)8(2)12(6)18(17)16(13)20/h19H,1-6H3. The van der Waals surface area contributed by atoms with Crippen molar-refractivity contribution in [2.24, 2.45) is 0 Å². The van der Waals surface area contributed by atoms with Crippen LogP contribution in [0.15, 0.2) is 9.21 Å². The summed E-state index contributed by atoms with van der Waals surface area (Å²) >= 11 is 0. The monoisotopic (exact) mass is 285 g/mol. The van der Waals surface area contributed by atoms with E-state index in [-0.39, 0.29) is 16.7 Å². The molecule has 0 aliphatic heterocycles. The van der Waals surface area contributed by atoms with Crippen molar-refractivity contribution in [1.29, 1.82) is 0 Å². The fraction of sp³-hybridized carbons (Fsp3) is 0.353. The molecule has 0 fully saturated rings. The molecule has 1 N–H and O–H groups in total. The molecular weight excluding hydrogens is 266 g/mol. The Labute approximate surface area is 122 Å². The van der Waals surface area contributed by atoms with Crippen LogP contribution in [0.3, 0.4) is 0 Å². The lowest BCUT2D eigenvalue weighted by Gasteiger charge is -2.12. The summed E-state index contributed by atoms with van der Waals surface area (Å²) in [6.07, 6.45) is 0. The SMILES string of the molecule is Cc1c(C)c(O)c2c(=O)n3c(C)c(C)c(C)c3oc2c1C. The van der Waals surface area contributed by atoms with Crippen molar-refractivity contribution in [2.45, 2.75) is 41.5 Å². The lowest BCUT2D eigenvalue weighted by Crippen LogP contribution is -2.15. The smallest absolute Gasteiger partial charge is 0.272 e. The molecule has 3 rings (SSSR count). The minimum absolute atomic E-state index is 0.0205. The highest BCUT2D eigenvalue weighted by Crippen LogP contribution is 2.34. The van der Waals surface area contributed by atoms with Gasteiger partial charge in [0, 0.05) is 11.3 Å². The van der Waals surface area contributed by atoms with E-state index in [1.54, 1.807) is 4.40 Å². The lowest BCUT2D eigenvalue weighted by molar-refractivity contribution is 0.474. The van der Waals surface area contributed by atoms with Crippen LogP contribution in [-0.4, -0.2) is 9.51 Å². The molecule has 0 amide bonds. The van der Waals surface area contributed by atoms with E-state index >= 15 is 0 Å². The molecule has 0 radical (unpaired) electrons. The third-order valence-corrected chi connectivity index (χ3v) is 4.86. The predicted octanol–water partition coefficient (Wildman–Crippen LogP) is 3.60. The Morgan fingerprint density at radius 1 is 0.857 bits per heavy atom. The number of hydrogen-bond donors (Lipinski definition) is 1. The number of aromatic nitrogens is 1. The largest absolute Gasteiger partial charge is 0.507 e. The average molecular weight is 285 g/mol. The molecular formula is C17H19NO3. The molecule has 0 saturated carbocycles. The number of hydrogen-bond acceptors (Lipinski definition) is 3. The highest BCUT2D eigenvalue weighted by molar-refractivity contribution is 5.89. The maximum Gasteiger partial charge on any atom is 0.272 e. The molecule has 0 saturated heterocycles. The Morgan fingerprint density at radius 3 is 2.10 bits per heavy atom. The van der Waals surface area contributed by atoms with Crippen LogP contribution < -0.4 is 5.56 Å². The van der Waals surface area contributed by atoms with E-state index in [1.165, 1.54) is 0 Å². The molecule has 3 aromatic rings. The first-order chi connectivity index (χ1) is 9.77. The van der Waals surface area contributed by atoms with Crippen LogP contribution in [0.5, 0.6) is 5.75 Å². The third kappa shape index (κ3) is 1.53. The molecule has 2 aromatic heterocycles. The van der Waals surface area contributed by atoms with Gasteiger partial charge in [-0.05, 0) is 63.8 Å². The van der Waals surface area contributed by atoms with Gasteiger partial charge >= 0.3 is 0 Å². The fourth-order valence-corrected chi connectivity index (χ4v) is 2.93. The summed E-state index contributed by atoms with van der Waals surface area (Å²) in [7, 11) is 0. The van der Waals surface area contributed by atoms with E-state index in [1.807, 2.05) is 41.5 Å². The van der Waals surface area contributed by atoms with Gasteiger partial charge in [0.15, 0.2) is 0 Å². The first-order valence-electron chi connectivity index (χ1n) is 7.01. The Kier molecular flexibility index (Phi) is 2.70. The molecule has 4 heteroatoms. The fourth-order valence-electron chi connectivity index (χ4n) is 2.93. The Morgan fingerprint density at radius 2 is 1.48 bits per heavy atom. The van der Waals surface area contributed by atoms with Gasteiger partial charge in [-0.25, -0.2) is 4.40 Å². The van der Waals surface area contributed by atoms with Gasteiger partial charge in [0.1, 0.15) is 16.7 Å². The highest BCUT2D eigenvalue weighted by atomic mass is 16.3. The number of aryl methyl sites for hydroxylation is 3. The normalized spacial score (nSPS) is 11.7. The molecule has 21 heavy (non-hydrogen) atoms. The maximum atomic E-state index is 12.9. The topological polar surface area (TPSA) is 54.8 Å². The number of nitrogens with zero attached hydrogens (tertiary/aromatic N) is 1. The van der Waals surface area contributed by atoms with Crippen LogP contribution in [0.4, 0.5) is 0 Å². The van der Waals surface area contributed by atoms with Crippen molar-refractivity contribution in [3.8, 4) is 5.75 Å². The molecule has 110 valence electrons. The average Bonchev–Trinajstić information content (AvgIpc) is 2.67. The van der Waals surface area contributed by atoms with Crippen molar-refractivity contribution in [1.82, 2.24) is 4.40 Å². The molecule has 4 nitrogen and oxygen atoms in total. The van der Waals surface area contributed by atoms with Gasteiger partial charge in [0.05, 0.1) is 0 Å². The van der Waals surface area contributed by atoms with Crippen LogP contribution in [-0.2, 0) is 0 Å². The van der Waals surface area contributed by atoms with Crippen LogP contribution in [0.1, 0.15) is 33.5 Å². The van der Waals surface area contributed by atoms with Crippen LogP contribution in [0.25, 0.3) is 16.7 Å². The summed E-state index contributed by atoms with van der Waals surface area (Å²) in [4.78, 5) is 12.9. The van der Waals surface area contributed by atoms with Gasteiger partial charge in [-0.1, -0.05) is 0 Å². The van der Waals surface area contributed by atoms with E-state index in [9.17, 15) is 9.90 Å². The van der Waals surface area contributed by atoms with E-state index in [4.69, 9.17) is 4.42 Å². The minimum atomic E-state index is -0.219. The first kappa shape index (κ1) is 13.7. The quantitative estimate of drug-likeness (QED) is 0.686. The van der Waals surface area contributed by atoms with Crippen molar-refractivity contribution in [2.75, 3.05) is 0 Å². The molecule has 0 aliphatic carbocycles. The summed E-state index contributed by atoms with van der Waals surface area (Å²) in [5.74, 6) is 0.0205. The molecule has 0 aliphatic rings. The van der Waals surface area contributed by atoms with Crippen LogP contribution >= 0.6 is 0 Å². The van der Waals surface area contributed by atoms with Gasteiger partial charge in [-0.3, -0.25) is 4.79 Å². The molecule has 0 atom stereocenters. The zero-order valence-corrected chi connectivity index (χ0v) is 13.2.